The van der Waals surface area contributed by atoms with Gasteiger partial charge in [-0.05, 0) is 30.9 Å². The van der Waals surface area contributed by atoms with Crippen LogP contribution < -0.4 is 5.11 Å². The number of carbonyl (C=O) groups excluding carboxylic acids is 1. The summed E-state index contributed by atoms with van der Waals surface area (Å²) >= 11 is 0. The van der Waals surface area contributed by atoms with E-state index in [0.717, 1.165) is 12.8 Å². The number of imidazole rings is 1. The molecule has 0 unspecified atom stereocenters. The number of para-hydroxylation sites is 1. The number of rotatable bonds is 3. The van der Waals surface area contributed by atoms with Gasteiger partial charge in [-0.15, -0.1) is 0 Å². The molecule has 1 aliphatic carbocycles. The Kier molecular flexibility index (Phi) is 2.54. The molecule has 94 valence electrons. The van der Waals surface area contributed by atoms with Crippen LogP contribution in [0.5, 0.6) is 0 Å². The fraction of sp³-hybridized carbons (Fsp3) is 0.385. The number of aromatic carboxylic acids is 1. The average Bonchev–Trinajstić information content (AvgIpc) is 2.64. The highest BCUT2D eigenvalue weighted by atomic mass is 19.1. The Bertz CT molecular complexity index is 617. The van der Waals surface area contributed by atoms with Crippen LogP contribution in [0.25, 0.3) is 11.0 Å². The van der Waals surface area contributed by atoms with E-state index >= 15 is 0 Å². The summed E-state index contributed by atoms with van der Waals surface area (Å²) in [6.45, 7) is 0.573. The molecule has 1 saturated carbocycles. The topological polar surface area (TPSA) is 57.9 Å². The van der Waals surface area contributed by atoms with Gasteiger partial charge in [0.25, 0.3) is 0 Å². The molecular weight excluding hydrogens is 235 g/mol. The minimum atomic E-state index is -1.36. The summed E-state index contributed by atoms with van der Waals surface area (Å²) < 4.78 is 15.2. The van der Waals surface area contributed by atoms with E-state index in [4.69, 9.17) is 0 Å². The molecule has 0 atom stereocenters. The molecule has 2 aromatic rings. The van der Waals surface area contributed by atoms with Crippen molar-refractivity contribution in [1.82, 2.24) is 9.55 Å². The van der Waals surface area contributed by atoms with Gasteiger partial charge in [0.2, 0.25) is 0 Å². The van der Waals surface area contributed by atoms with Gasteiger partial charge in [0.15, 0.2) is 11.6 Å². The van der Waals surface area contributed by atoms with E-state index in [1.165, 1.54) is 12.5 Å². The van der Waals surface area contributed by atoms with Crippen molar-refractivity contribution in [2.45, 2.75) is 25.8 Å². The molecular formula is C13H12FN2O2-. The van der Waals surface area contributed by atoms with Crippen LogP contribution in [0.2, 0.25) is 0 Å². The molecule has 0 spiro atoms. The maximum Gasteiger partial charge on any atom is 0.156 e. The van der Waals surface area contributed by atoms with Crippen molar-refractivity contribution in [3.8, 4) is 0 Å². The molecule has 1 heterocycles. The Morgan fingerprint density at radius 3 is 2.89 bits per heavy atom. The SMILES string of the molecule is O=C([O-])c1nc2c(F)cccc2n1CC1CCC1. The summed E-state index contributed by atoms with van der Waals surface area (Å²) in [4.78, 5) is 14.9. The highest BCUT2D eigenvalue weighted by Crippen LogP contribution is 2.30. The van der Waals surface area contributed by atoms with E-state index in [1.54, 1.807) is 16.7 Å². The van der Waals surface area contributed by atoms with Crippen molar-refractivity contribution >= 4 is 17.0 Å². The zero-order chi connectivity index (χ0) is 12.7. The van der Waals surface area contributed by atoms with E-state index in [-0.39, 0.29) is 11.3 Å². The number of carboxylic acids is 1. The Balaban J connectivity index is 2.15. The van der Waals surface area contributed by atoms with Gasteiger partial charge in [0.1, 0.15) is 11.5 Å². The first-order valence-electron chi connectivity index (χ1n) is 6.03. The van der Waals surface area contributed by atoms with Crippen molar-refractivity contribution in [3.05, 3.63) is 29.8 Å². The minimum Gasteiger partial charge on any atom is -0.542 e. The Labute approximate surface area is 103 Å². The van der Waals surface area contributed by atoms with Gasteiger partial charge < -0.3 is 14.5 Å². The maximum atomic E-state index is 13.6. The van der Waals surface area contributed by atoms with E-state index in [9.17, 15) is 14.3 Å². The third-order valence-corrected chi connectivity index (χ3v) is 3.58. The number of fused-ring (bicyclic) bond motifs is 1. The molecule has 1 aromatic carbocycles. The van der Waals surface area contributed by atoms with Crippen LogP contribution in [0.15, 0.2) is 18.2 Å². The highest BCUT2D eigenvalue weighted by molar-refractivity contribution is 5.88. The third-order valence-electron chi connectivity index (χ3n) is 3.58. The zero-order valence-corrected chi connectivity index (χ0v) is 9.73. The molecule has 0 amide bonds. The molecule has 1 fully saturated rings. The number of nitrogens with zero attached hydrogens (tertiary/aromatic N) is 2. The number of hydrogen-bond acceptors (Lipinski definition) is 3. The molecule has 0 radical (unpaired) electrons. The van der Waals surface area contributed by atoms with Crippen LogP contribution in [-0.4, -0.2) is 15.5 Å². The molecule has 0 N–H and O–H groups in total. The van der Waals surface area contributed by atoms with Gasteiger partial charge in [-0.2, -0.15) is 0 Å². The third kappa shape index (κ3) is 1.66. The Hall–Kier alpha value is -1.91. The van der Waals surface area contributed by atoms with Crippen LogP contribution in [0, 0.1) is 11.7 Å². The molecule has 18 heavy (non-hydrogen) atoms. The summed E-state index contributed by atoms with van der Waals surface area (Å²) in [5.41, 5.74) is 0.636. The molecule has 3 rings (SSSR count). The van der Waals surface area contributed by atoms with Gasteiger partial charge in [-0.25, -0.2) is 9.37 Å². The van der Waals surface area contributed by atoms with E-state index in [1.807, 2.05) is 0 Å². The lowest BCUT2D eigenvalue weighted by Gasteiger charge is -2.26. The monoisotopic (exact) mass is 247 g/mol. The lowest BCUT2D eigenvalue weighted by molar-refractivity contribution is -0.256. The summed E-state index contributed by atoms with van der Waals surface area (Å²) in [7, 11) is 0. The van der Waals surface area contributed by atoms with Crippen LogP contribution >= 0.6 is 0 Å². The molecule has 0 bridgehead atoms. The largest absolute Gasteiger partial charge is 0.542 e. The normalized spacial score (nSPS) is 15.8. The highest BCUT2D eigenvalue weighted by Gasteiger charge is 2.22. The molecule has 4 nitrogen and oxygen atoms in total. The number of carbonyl (C=O) groups is 1. The number of hydrogen-bond donors (Lipinski definition) is 0. The van der Waals surface area contributed by atoms with Crippen molar-refractivity contribution in [3.63, 3.8) is 0 Å². The van der Waals surface area contributed by atoms with Gasteiger partial charge in [0, 0.05) is 6.54 Å². The van der Waals surface area contributed by atoms with Crippen molar-refractivity contribution in [2.24, 2.45) is 5.92 Å². The van der Waals surface area contributed by atoms with Crippen molar-refractivity contribution in [1.29, 1.82) is 0 Å². The van der Waals surface area contributed by atoms with Crippen molar-refractivity contribution in [2.75, 3.05) is 0 Å². The minimum absolute atomic E-state index is 0.107. The Morgan fingerprint density at radius 1 is 1.50 bits per heavy atom. The fourth-order valence-corrected chi connectivity index (χ4v) is 2.39. The number of benzene rings is 1. The summed E-state index contributed by atoms with van der Waals surface area (Å²) in [5, 5.41) is 11.1. The van der Waals surface area contributed by atoms with Crippen molar-refractivity contribution < 1.29 is 14.3 Å². The van der Waals surface area contributed by atoms with Gasteiger partial charge in [0.05, 0.1) is 5.52 Å². The summed E-state index contributed by atoms with van der Waals surface area (Å²) in [5.74, 6) is -1.57. The van der Waals surface area contributed by atoms with E-state index < -0.39 is 11.8 Å². The van der Waals surface area contributed by atoms with Crippen LogP contribution in [0.4, 0.5) is 4.39 Å². The summed E-state index contributed by atoms with van der Waals surface area (Å²) in [6, 6.07) is 4.54. The maximum absolute atomic E-state index is 13.6. The van der Waals surface area contributed by atoms with Crippen LogP contribution in [-0.2, 0) is 6.54 Å². The second-order valence-electron chi connectivity index (χ2n) is 4.74. The average molecular weight is 247 g/mol. The Morgan fingerprint density at radius 2 is 2.28 bits per heavy atom. The first kappa shape index (κ1) is 11.2. The second kappa shape index (κ2) is 4.08. The lowest BCUT2D eigenvalue weighted by Crippen LogP contribution is -2.28. The molecule has 1 aliphatic rings. The first-order valence-corrected chi connectivity index (χ1v) is 6.03. The summed E-state index contributed by atoms with van der Waals surface area (Å²) in [6.07, 6.45) is 3.34. The van der Waals surface area contributed by atoms with Crippen LogP contribution in [0.3, 0.4) is 0 Å². The standard InChI is InChI=1S/C13H13FN2O2/c14-9-5-2-6-10-11(9)15-12(13(17)18)16(10)7-8-3-1-4-8/h2,5-6,8H,1,3-4,7H2,(H,17,18)/p-1. The molecule has 0 aliphatic heterocycles. The number of carboxylic acid groups (broad SMARTS) is 1. The fourth-order valence-electron chi connectivity index (χ4n) is 2.39. The zero-order valence-electron chi connectivity index (χ0n) is 9.73. The molecule has 5 heteroatoms. The lowest BCUT2D eigenvalue weighted by atomic mass is 9.85. The smallest absolute Gasteiger partial charge is 0.156 e. The number of aromatic nitrogens is 2. The van der Waals surface area contributed by atoms with Gasteiger partial charge in [-0.3, -0.25) is 0 Å². The second-order valence-corrected chi connectivity index (χ2v) is 4.74. The molecule has 1 aromatic heterocycles. The van der Waals surface area contributed by atoms with Crippen LogP contribution in [0.1, 0.15) is 29.9 Å². The van der Waals surface area contributed by atoms with E-state index in [2.05, 4.69) is 4.98 Å². The predicted molar refractivity (Wildman–Crippen MR) is 61.4 cm³/mol. The molecule has 0 saturated heterocycles. The van der Waals surface area contributed by atoms with Gasteiger partial charge >= 0.3 is 0 Å². The predicted octanol–water partition coefficient (Wildman–Crippen LogP) is 1.34. The number of halogens is 1. The van der Waals surface area contributed by atoms with E-state index in [0.29, 0.717) is 18.0 Å². The quantitative estimate of drug-likeness (QED) is 0.822. The first-order chi connectivity index (χ1) is 8.66. The van der Waals surface area contributed by atoms with Gasteiger partial charge in [-0.1, -0.05) is 12.5 Å².